The standard InChI is InChI=1S/C12H9Cl3N2O/c1-2-10-8(6-18)12(15)17(16-10)11-4-3-7(13)5-9(11)14/h3-6H,2H2,1H3. The molecule has 94 valence electrons. The molecule has 18 heavy (non-hydrogen) atoms. The van der Waals surface area contributed by atoms with E-state index in [1.165, 1.54) is 4.68 Å². The van der Waals surface area contributed by atoms with Crippen LogP contribution in [0.2, 0.25) is 15.2 Å². The van der Waals surface area contributed by atoms with Gasteiger partial charge in [-0.05, 0) is 24.6 Å². The Morgan fingerprint density at radius 2 is 2.06 bits per heavy atom. The quantitative estimate of drug-likeness (QED) is 0.796. The fourth-order valence-electron chi connectivity index (χ4n) is 1.64. The monoisotopic (exact) mass is 302 g/mol. The Hall–Kier alpha value is -1.03. The third-order valence-electron chi connectivity index (χ3n) is 2.53. The maximum Gasteiger partial charge on any atom is 0.155 e. The summed E-state index contributed by atoms with van der Waals surface area (Å²) in [5.74, 6) is 0. The van der Waals surface area contributed by atoms with E-state index in [2.05, 4.69) is 5.10 Å². The molecule has 0 unspecified atom stereocenters. The SMILES string of the molecule is CCc1nn(-c2ccc(Cl)cc2Cl)c(Cl)c1C=O. The Morgan fingerprint density at radius 3 is 2.56 bits per heavy atom. The first-order chi connectivity index (χ1) is 8.58. The van der Waals surface area contributed by atoms with Gasteiger partial charge in [0.15, 0.2) is 6.29 Å². The summed E-state index contributed by atoms with van der Waals surface area (Å²) >= 11 is 18.1. The predicted molar refractivity (Wildman–Crippen MR) is 73.4 cm³/mol. The predicted octanol–water partition coefficient (Wildman–Crippen LogP) is 4.21. The molecule has 0 atom stereocenters. The molecular formula is C12H9Cl3N2O. The second-order valence-corrected chi connectivity index (χ2v) is 4.83. The highest BCUT2D eigenvalue weighted by Gasteiger charge is 2.17. The van der Waals surface area contributed by atoms with Gasteiger partial charge in [-0.15, -0.1) is 0 Å². The van der Waals surface area contributed by atoms with Gasteiger partial charge in [0, 0.05) is 5.02 Å². The molecule has 0 amide bonds. The van der Waals surface area contributed by atoms with E-state index in [1.54, 1.807) is 18.2 Å². The second-order valence-electron chi connectivity index (χ2n) is 3.63. The molecule has 0 aliphatic heterocycles. The zero-order valence-corrected chi connectivity index (χ0v) is 11.7. The zero-order chi connectivity index (χ0) is 13.3. The number of benzene rings is 1. The highest BCUT2D eigenvalue weighted by atomic mass is 35.5. The highest BCUT2D eigenvalue weighted by Crippen LogP contribution is 2.29. The highest BCUT2D eigenvalue weighted by molar-refractivity contribution is 6.36. The summed E-state index contributed by atoms with van der Waals surface area (Å²) in [6.45, 7) is 1.90. The van der Waals surface area contributed by atoms with Crippen molar-refractivity contribution in [2.45, 2.75) is 13.3 Å². The number of carbonyl (C=O) groups is 1. The zero-order valence-electron chi connectivity index (χ0n) is 9.45. The van der Waals surface area contributed by atoms with Gasteiger partial charge < -0.3 is 0 Å². The van der Waals surface area contributed by atoms with E-state index in [9.17, 15) is 4.79 Å². The van der Waals surface area contributed by atoms with Crippen molar-refractivity contribution in [2.75, 3.05) is 0 Å². The van der Waals surface area contributed by atoms with Crippen molar-refractivity contribution >= 4 is 41.1 Å². The number of carbonyl (C=O) groups excluding carboxylic acids is 1. The van der Waals surface area contributed by atoms with Gasteiger partial charge in [-0.1, -0.05) is 41.7 Å². The average Bonchev–Trinajstić information content (AvgIpc) is 2.66. The first kappa shape index (κ1) is 13.4. The number of aldehydes is 1. The van der Waals surface area contributed by atoms with E-state index in [4.69, 9.17) is 34.8 Å². The number of hydrogen-bond donors (Lipinski definition) is 0. The number of aromatic nitrogens is 2. The molecule has 0 spiro atoms. The summed E-state index contributed by atoms with van der Waals surface area (Å²) in [5, 5.41) is 5.49. The molecule has 2 aromatic rings. The largest absolute Gasteiger partial charge is 0.298 e. The summed E-state index contributed by atoms with van der Waals surface area (Å²) in [4.78, 5) is 11.0. The Kier molecular flexibility index (Phi) is 3.95. The Balaban J connectivity index is 2.64. The van der Waals surface area contributed by atoms with Crippen LogP contribution < -0.4 is 0 Å². The third kappa shape index (κ3) is 2.26. The first-order valence-corrected chi connectivity index (χ1v) is 6.39. The van der Waals surface area contributed by atoms with Crippen LogP contribution in [0, 0.1) is 0 Å². The van der Waals surface area contributed by atoms with Gasteiger partial charge in [-0.3, -0.25) is 4.79 Å². The fraction of sp³-hybridized carbons (Fsp3) is 0.167. The molecule has 6 heteroatoms. The van der Waals surface area contributed by atoms with Crippen molar-refractivity contribution in [1.29, 1.82) is 0 Å². The molecule has 0 N–H and O–H groups in total. The second kappa shape index (κ2) is 5.31. The Bertz CT molecular complexity index is 608. The lowest BCUT2D eigenvalue weighted by atomic mass is 10.2. The van der Waals surface area contributed by atoms with Crippen molar-refractivity contribution in [3.05, 3.63) is 44.7 Å². The van der Waals surface area contributed by atoms with Crippen LogP contribution in [0.25, 0.3) is 5.69 Å². The molecule has 0 radical (unpaired) electrons. The lowest BCUT2D eigenvalue weighted by molar-refractivity contribution is 0.112. The van der Waals surface area contributed by atoms with Crippen LogP contribution >= 0.6 is 34.8 Å². The Labute approximate surface area is 119 Å². The van der Waals surface area contributed by atoms with Gasteiger partial charge in [0.2, 0.25) is 0 Å². The summed E-state index contributed by atoms with van der Waals surface area (Å²) < 4.78 is 1.45. The third-order valence-corrected chi connectivity index (χ3v) is 3.43. The van der Waals surface area contributed by atoms with E-state index in [-0.39, 0.29) is 5.15 Å². The van der Waals surface area contributed by atoms with Crippen molar-refractivity contribution in [1.82, 2.24) is 9.78 Å². The van der Waals surface area contributed by atoms with Gasteiger partial charge >= 0.3 is 0 Å². The van der Waals surface area contributed by atoms with Crippen LogP contribution in [0.1, 0.15) is 23.0 Å². The lowest BCUT2D eigenvalue weighted by Gasteiger charge is -2.05. The Morgan fingerprint density at radius 1 is 1.33 bits per heavy atom. The van der Waals surface area contributed by atoms with E-state index in [1.807, 2.05) is 6.92 Å². The molecule has 0 saturated carbocycles. The molecule has 3 nitrogen and oxygen atoms in total. The van der Waals surface area contributed by atoms with Gasteiger partial charge in [0.05, 0.1) is 22.0 Å². The minimum atomic E-state index is 0.256. The number of nitrogens with zero attached hydrogens (tertiary/aromatic N) is 2. The van der Waals surface area contributed by atoms with Crippen molar-refractivity contribution < 1.29 is 4.79 Å². The van der Waals surface area contributed by atoms with Crippen molar-refractivity contribution in [3.63, 3.8) is 0 Å². The number of rotatable bonds is 3. The van der Waals surface area contributed by atoms with E-state index < -0.39 is 0 Å². The van der Waals surface area contributed by atoms with E-state index in [0.29, 0.717) is 39.7 Å². The minimum Gasteiger partial charge on any atom is -0.298 e. The molecule has 0 saturated heterocycles. The number of aryl methyl sites for hydroxylation is 1. The van der Waals surface area contributed by atoms with Crippen LogP contribution in [-0.2, 0) is 6.42 Å². The van der Waals surface area contributed by atoms with Crippen molar-refractivity contribution in [3.8, 4) is 5.69 Å². The van der Waals surface area contributed by atoms with Gasteiger partial charge in [0.1, 0.15) is 5.15 Å². The fourth-order valence-corrected chi connectivity index (χ4v) is 2.41. The van der Waals surface area contributed by atoms with Crippen LogP contribution in [-0.4, -0.2) is 16.1 Å². The molecular weight excluding hydrogens is 295 g/mol. The molecule has 0 fully saturated rings. The summed E-state index contributed by atoms with van der Waals surface area (Å²) in [7, 11) is 0. The van der Waals surface area contributed by atoms with Gasteiger partial charge in [-0.2, -0.15) is 5.10 Å². The molecule has 0 aliphatic rings. The molecule has 1 aromatic carbocycles. The summed E-state index contributed by atoms with van der Waals surface area (Å²) in [6, 6.07) is 4.99. The summed E-state index contributed by atoms with van der Waals surface area (Å²) in [6.07, 6.45) is 1.32. The van der Waals surface area contributed by atoms with Crippen LogP contribution in [0.5, 0.6) is 0 Å². The number of halogens is 3. The maximum atomic E-state index is 11.0. The van der Waals surface area contributed by atoms with E-state index >= 15 is 0 Å². The molecule has 0 aliphatic carbocycles. The normalized spacial score (nSPS) is 10.7. The molecule has 2 rings (SSSR count). The first-order valence-electron chi connectivity index (χ1n) is 5.26. The van der Waals surface area contributed by atoms with Crippen LogP contribution in [0.3, 0.4) is 0 Å². The number of hydrogen-bond acceptors (Lipinski definition) is 2. The lowest BCUT2D eigenvalue weighted by Crippen LogP contribution is -1.98. The molecule has 1 aromatic heterocycles. The smallest absolute Gasteiger partial charge is 0.155 e. The topological polar surface area (TPSA) is 34.9 Å². The maximum absolute atomic E-state index is 11.0. The van der Waals surface area contributed by atoms with Crippen LogP contribution in [0.15, 0.2) is 18.2 Å². The van der Waals surface area contributed by atoms with Crippen molar-refractivity contribution in [2.24, 2.45) is 0 Å². The molecule has 0 bridgehead atoms. The van der Waals surface area contributed by atoms with Crippen LogP contribution in [0.4, 0.5) is 0 Å². The van der Waals surface area contributed by atoms with Gasteiger partial charge in [0.25, 0.3) is 0 Å². The average molecular weight is 304 g/mol. The minimum absolute atomic E-state index is 0.256. The van der Waals surface area contributed by atoms with Gasteiger partial charge in [-0.25, -0.2) is 4.68 Å². The summed E-state index contributed by atoms with van der Waals surface area (Å²) in [5.41, 5.74) is 1.63. The molecule has 1 heterocycles. The van der Waals surface area contributed by atoms with E-state index in [0.717, 1.165) is 0 Å².